The van der Waals surface area contributed by atoms with Gasteiger partial charge in [0.2, 0.25) is 5.78 Å². The van der Waals surface area contributed by atoms with Crippen LogP contribution in [-0.2, 0) is 19.1 Å². The lowest BCUT2D eigenvalue weighted by molar-refractivity contribution is -0.146. The molecule has 1 aliphatic rings. The molecule has 0 heterocycles. The van der Waals surface area contributed by atoms with Crippen LogP contribution in [0.25, 0.3) is 0 Å². The fourth-order valence-electron chi connectivity index (χ4n) is 3.31. The molecule has 0 saturated carbocycles. The van der Waals surface area contributed by atoms with Crippen molar-refractivity contribution >= 4 is 17.5 Å². The number of allylic oxidation sites excluding steroid dienone is 4. The fourth-order valence-corrected chi connectivity index (χ4v) is 3.31. The number of halogens is 2. The Hall–Kier alpha value is -1.85. The van der Waals surface area contributed by atoms with Crippen molar-refractivity contribution in [3.63, 3.8) is 0 Å². The molecule has 0 aromatic carbocycles. The number of ketones is 2. The van der Waals surface area contributed by atoms with E-state index in [0.717, 1.165) is 32.1 Å². The summed E-state index contributed by atoms with van der Waals surface area (Å²) in [6, 6.07) is 0. The molecule has 28 heavy (non-hydrogen) atoms. The minimum Gasteiger partial charge on any atom is -0.469 e. The van der Waals surface area contributed by atoms with E-state index in [2.05, 4.69) is 4.74 Å². The Morgan fingerprint density at radius 3 is 2.54 bits per heavy atom. The number of carbonyl (C=O) groups is 3. The number of alkyl halides is 2. The molecule has 158 valence electrons. The van der Waals surface area contributed by atoms with Crippen LogP contribution in [-0.4, -0.2) is 30.6 Å². The molecule has 2 atom stereocenters. The lowest BCUT2D eigenvalue weighted by Gasteiger charge is -2.22. The van der Waals surface area contributed by atoms with Gasteiger partial charge in [-0.05, 0) is 44.1 Å². The fraction of sp³-hybridized carbons (Fsp3) is 0.682. The van der Waals surface area contributed by atoms with Crippen LogP contribution in [0, 0.1) is 11.8 Å². The maximum atomic E-state index is 14.3. The van der Waals surface area contributed by atoms with Crippen molar-refractivity contribution in [2.24, 2.45) is 11.8 Å². The first-order valence-electron chi connectivity index (χ1n) is 10.2. The van der Waals surface area contributed by atoms with Gasteiger partial charge in [0.25, 0.3) is 0 Å². The summed E-state index contributed by atoms with van der Waals surface area (Å²) < 4.78 is 33.1. The molecule has 4 nitrogen and oxygen atoms in total. The lowest BCUT2D eigenvalue weighted by Crippen LogP contribution is -2.33. The van der Waals surface area contributed by atoms with Gasteiger partial charge in [0, 0.05) is 25.2 Å². The van der Waals surface area contributed by atoms with E-state index in [9.17, 15) is 23.2 Å². The number of methoxy groups -OCH3 is 1. The predicted molar refractivity (Wildman–Crippen MR) is 104 cm³/mol. The van der Waals surface area contributed by atoms with Gasteiger partial charge < -0.3 is 4.74 Å². The van der Waals surface area contributed by atoms with E-state index >= 15 is 0 Å². The van der Waals surface area contributed by atoms with Crippen molar-refractivity contribution in [3.05, 3.63) is 24.3 Å². The number of ether oxygens (including phenoxy) is 1. The summed E-state index contributed by atoms with van der Waals surface area (Å²) in [5.74, 6) is -5.94. The molecule has 0 aromatic heterocycles. The number of Topliss-reactive ketones (excluding diaryl/α,β-unsaturated/α-hetero) is 1. The summed E-state index contributed by atoms with van der Waals surface area (Å²) in [7, 11) is 1.35. The number of carbonyl (C=O) groups excluding carboxylic acids is 3. The van der Waals surface area contributed by atoms with Crippen molar-refractivity contribution in [1.29, 1.82) is 0 Å². The van der Waals surface area contributed by atoms with Gasteiger partial charge in [-0.2, -0.15) is 8.78 Å². The van der Waals surface area contributed by atoms with E-state index < -0.39 is 30.0 Å². The zero-order valence-electron chi connectivity index (χ0n) is 16.9. The molecule has 0 bridgehead atoms. The number of unbranched alkanes of at least 4 members (excludes halogenated alkanes) is 4. The molecule has 0 aromatic rings. The molecule has 1 rings (SSSR count). The molecule has 0 N–H and O–H groups in total. The van der Waals surface area contributed by atoms with Crippen LogP contribution in [0.2, 0.25) is 0 Å². The second-order valence-corrected chi connectivity index (χ2v) is 7.35. The molecule has 1 aliphatic carbocycles. The van der Waals surface area contributed by atoms with E-state index in [1.54, 1.807) is 0 Å². The Morgan fingerprint density at radius 1 is 1.14 bits per heavy atom. The normalized spacial score (nSPS) is 19.5. The Morgan fingerprint density at radius 2 is 1.86 bits per heavy atom. The highest BCUT2D eigenvalue weighted by molar-refractivity contribution is 5.95. The summed E-state index contributed by atoms with van der Waals surface area (Å²) in [6.45, 7) is 1.95. The Labute approximate surface area is 166 Å². The molecule has 0 fully saturated rings. The second kappa shape index (κ2) is 12.6. The van der Waals surface area contributed by atoms with Gasteiger partial charge >= 0.3 is 11.9 Å². The maximum absolute atomic E-state index is 14.3. The standard InChI is InChI=1S/C22H32F2O4/c1-3-4-8-12-20(26)22(23,24)16-17-14-15-19(25)18(17)11-9-6-5-7-10-13-21(27)28-2/h6,9,14-15,17-18H,3-5,7-8,10-13,16H2,1-2H3/b9-6-/t17-,18?/m1/s1. The van der Waals surface area contributed by atoms with Crippen molar-refractivity contribution in [1.82, 2.24) is 0 Å². The third-order valence-electron chi connectivity index (χ3n) is 5.08. The van der Waals surface area contributed by atoms with E-state index in [-0.39, 0.29) is 18.2 Å². The van der Waals surface area contributed by atoms with Crippen LogP contribution >= 0.6 is 0 Å². The monoisotopic (exact) mass is 398 g/mol. The molecule has 0 amide bonds. The van der Waals surface area contributed by atoms with Crippen LogP contribution in [0.4, 0.5) is 8.78 Å². The van der Waals surface area contributed by atoms with E-state index in [4.69, 9.17) is 0 Å². The van der Waals surface area contributed by atoms with E-state index in [1.165, 1.54) is 19.3 Å². The summed E-state index contributed by atoms with van der Waals surface area (Å²) in [4.78, 5) is 34.9. The highest BCUT2D eigenvalue weighted by atomic mass is 19.3. The first-order chi connectivity index (χ1) is 13.3. The van der Waals surface area contributed by atoms with Gasteiger partial charge in [-0.15, -0.1) is 0 Å². The van der Waals surface area contributed by atoms with Crippen LogP contribution in [0.15, 0.2) is 24.3 Å². The topological polar surface area (TPSA) is 60.4 Å². The third kappa shape index (κ3) is 8.44. The first kappa shape index (κ1) is 24.2. The quantitative estimate of drug-likeness (QED) is 0.229. The first-order valence-corrected chi connectivity index (χ1v) is 10.2. The van der Waals surface area contributed by atoms with Crippen molar-refractivity contribution in [2.75, 3.05) is 7.11 Å². The zero-order chi connectivity index (χ0) is 21.0. The average Bonchev–Trinajstić information content (AvgIpc) is 2.99. The van der Waals surface area contributed by atoms with Crippen LogP contribution in [0.1, 0.15) is 71.1 Å². The number of hydrogen-bond acceptors (Lipinski definition) is 4. The number of hydrogen-bond donors (Lipinski definition) is 0. The molecule has 0 spiro atoms. The maximum Gasteiger partial charge on any atom is 0.305 e. The molecule has 0 saturated heterocycles. The summed E-state index contributed by atoms with van der Waals surface area (Å²) >= 11 is 0. The van der Waals surface area contributed by atoms with Crippen LogP contribution in [0.5, 0.6) is 0 Å². The molecule has 0 aliphatic heterocycles. The largest absolute Gasteiger partial charge is 0.469 e. The van der Waals surface area contributed by atoms with Crippen molar-refractivity contribution in [3.8, 4) is 0 Å². The molecular formula is C22H32F2O4. The minimum atomic E-state index is -3.39. The summed E-state index contributed by atoms with van der Waals surface area (Å²) in [5.41, 5.74) is 0. The SMILES string of the molecule is CCCCCC(=O)C(F)(F)C[C@H]1C=CC(=O)C1C/C=C\CCCCC(=O)OC. The molecular weight excluding hydrogens is 366 g/mol. The van der Waals surface area contributed by atoms with Crippen molar-refractivity contribution < 1.29 is 27.9 Å². The van der Waals surface area contributed by atoms with Crippen LogP contribution in [0.3, 0.4) is 0 Å². The smallest absolute Gasteiger partial charge is 0.305 e. The zero-order valence-corrected chi connectivity index (χ0v) is 16.9. The highest BCUT2D eigenvalue weighted by Crippen LogP contribution is 2.36. The van der Waals surface area contributed by atoms with Crippen LogP contribution < -0.4 is 0 Å². The van der Waals surface area contributed by atoms with Gasteiger partial charge in [0.1, 0.15) is 0 Å². The highest BCUT2D eigenvalue weighted by Gasteiger charge is 2.43. The molecule has 6 heteroatoms. The van der Waals surface area contributed by atoms with Gasteiger partial charge in [0.05, 0.1) is 7.11 Å². The summed E-state index contributed by atoms with van der Waals surface area (Å²) in [6.07, 6.45) is 11.1. The van der Waals surface area contributed by atoms with E-state index in [1.807, 2.05) is 19.1 Å². The van der Waals surface area contributed by atoms with Gasteiger partial charge in [-0.25, -0.2) is 0 Å². The molecule has 0 radical (unpaired) electrons. The average molecular weight is 398 g/mol. The molecule has 1 unspecified atom stereocenters. The minimum absolute atomic E-state index is 0.110. The Bertz CT molecular complexity index is 581. The third-order valence-corrected chi connectivity index (χ3v) is 5.08. The Kier molecular flexibility index (Phi) is 10.9. The van der Waals surface area contributed by atoms with Gasteiger partial charge in [0.15, 0.2) is 5.78 Å². The second-order valence-electron chi connectivity index (χ2n) is 7.35. The van der Waals surface area contributed by atoms with Crippen molar-refractivity contribution in [2.45, 2.75) is 77.1 Å². The number of rotatable bonds is 14. The van der Waals surface area contributed by atoms with Gasteiger partial charge in [-0.1, -0.05) is 38.0 Å². The Balaban J connectivity index is 2.44. The van der Waals surface area contributed by atoms with Gasteiger partial charge in [-0.3, -0.25) is 14.4 Å². The summed E-state index contributed by atoms with van der Waals surface area (Å²) in [5, 5.41) is 0. The number of esters is 1. The van der Waals surface area contributed by atoms with E-state index in [0.29, 0.717) is 19.3 Å². The predicted octanol–water partition coefficient (Wildman–Crippen LogP) is 5.21. The lowest BCUT2D eigenvalue weighted by atomic mass is 9.85.